The van der Waals surface area contributed by atoms with Crippen molar-refractivity contribution in [3.05, 3.63) is 69.9 Å². The highest BCUT2D eigenvalue weighted by atomic mass is 35.5. The molecule has 0 N–H and O–H groups in total. The normalized spacial score (nSPS) is 10.7. The van der Waals surface area contributed by atoms with Gasteiger partial charge < -0.3 is 4.42 Å². The van der Waals surface area contributed by atoms with Crippen molar-refractivity contribution < 1.29 is 8.81 Å². The molecule has 0 radical (unpaired) electrons. The third kappa shape index (κ3) is 2.12. The number of hydrogen-bond acceptors (Lipinski definition) is 3. The van der Waals surface area contributed by atoms with Crippen molar-refractivity contribution in [1.82, 2.24) is 9.78 Å². The molecule has 1 heterocycles. The van der Waals surface area contributed by atoms with Gasteiger partial charge in [0.25, 0.3) is 5.89 Å². The Kier molecular flexibility index (Phi) is 3.12. The van der Waals surface area contributed by atoms with Crippen LogP contribution in [-0.4, -0.2) is 9.78 Å². The summed E-state index contributed by atoms with van der Waals surface area (Å²) in [5.74, 6) is -1.29. The molecule has 0 aliphatic carbocycles. The molecule has 6 heteroatoms. The average Bonchev–Trinajstić information content (AvgIpc) is 2.81. The first-order valence-corrected chi connectivity index (χ1v) is 6.14. The Morgan fingerprint density at radius 1 is 1.10 bits per heavy atom. The van der Waals surface area contributed by atoms with Crippen LogP contribution in [0.25, 0.3) is 17.1 Å². The van der Waals surface area contributed by atoms with Gasteiger partial charge in [-0.3, -0.25) is 0 Å². The summed E-state index contributed by atoms with van der Waals surface area (Å²) in [7, 11) is 0. The lowest BCUT2D eigenvalue weighted by Gasteiger charge is -1.99. The molecule has 0 bridgehead atoms. The molecular formula is C14H8ClFN2O2. The van der Waals surface area contributed by atoms with Gasteiger partial charge >= 0.3 is 5.76 Å². The molecule has 1 aromatic heterocycles. The first kappa shape index (κ1) is 12.6. The lowest BCUT2D eigenvalue weighted by Crippen LogP contribution is -2.14. The van der Waals surface area contributed by atoms with Crippen molar-refractivity contribution in [3.63, 3.8) is 0 Å². The van der Waals surface area contributed by atoms with Gasteiger partial charge in [0.2, 0.25) is 0 Å². The second-order valence-electron chi connectivity index (χ2n) is 4.02. The van der Waals surface area contributed by atoms with Gasteiger partial charge in [0, 0.05) is 0 Å². The fraction of sp³-hybridized carbons (Fsp3) is 0. The molecule has 0 fully saturated rings. The molecule has 0 aliphatic heterocycles. The number of benzene rings is 2. The number of para-hydroxylation sites is 1. The van der Waals surface area contributed by atoms with Crippen molar-refractivity contribution in [2.45, 2.75) is 0 Å². The predicted octanol–water partition coefficient (Wildman–Crippen LogP) is 3.29. The van der Waals surface area contributed by atoms with Crippen LogP contribution in [0.15, 0.2) is 57.7 Å². The SMILES string of the molecule is O=c1oc(-c2ccccc2Cl)nn1-c1ccccc1F. The molecular weight excluding hydrogens is 283 g/mol. The second-order valence-corrected chi connectivity index (χ2v) is 4.42. The van der Waals surface area contributed by atoms with Crippen LogP contribution in [0.5, 0.6) is 0 Å². The molecule has 2 aromatic carbocycles. The van der Waals surface area contributed by atoms with E-state index in [1.165, 1.54) is 18.2 Å². The summed E-state index contributed by atoms with van der Waals surface area (Å²) in [5, 5.41) is 4.38. The standard InChI is InChI=1S/C14H8ClFN2O2/c15-10-6-2-1-5-9(10)13-17-18(14(19)20-13)12-8-4-3-7-11(12)16/h1-8H. The molecule has 20 heavy (non-hydrogen) atoms. The summed E-state index contributed by atoms with van der Waals surface area (Å²) in [6, 6.07) is 12.6. The van der Waals surface area contributed by atoms with Gasteiger partial charge in [0.15, 0.2) is 0 Å². The molecule has 0 saturated carbocycles. The molecule has 0 spiro atoms. The first-order valence-electron chi connectivity index (χ1n) is 5.77. The van der Waals surface area contributed by atoms with Gasteiger partial charge in [-0.2, -0.15) is 4.68 Å². The molecule has 100 valence electrons. The van der Waals surface area contributed by atoms with Gasteiger partial charge in [0.1, 0.15) is 11.5 Å². The molecule has 0 atom stereocenters. The van der Waals surface area contributed by atoms with Crippen LogP contribution in [0.1, 0.15) is 0 Å². The highest BCUT2D eigenvalue weighted by Crippen LogP contribution is 2.25. The van der Waals surface area contributed by atoms with E-state index in [0.29, 0.717) is 10.6 Å². The summed E-state index contributed by atoms with van der Waals surface area (Å²) in [4.78, 5) is 11.8. The molecule has 3 rings (SSSR count). The lowest BCUT2D eigenvalue weighted by atomic mass is 10.2. The Morgan fingerprint density at radius 3 is 2.55 bits per heavy atom. The minimum atomic E-state index is -0.773. The maximum Gasteiger partial charge on any atom is 0.442 e. The Balaban J connectivity index is 2.16. The van der Waals surface area contributed by atoms with Gasteiger partial charge in [-0.05, 0) is 24.3 Å². The lowest BCUT2D eigenvalue weighted by molar-refractivity contribution is 0.511. The number of halogens is 2. The molecule has 3 aromatic rings. The largest absolute Gasteiger partial charge is 0.442 e. The zero-order valence-corrected chi connectivity index (χ0v) is 10.8. The highest BCUT2D eigenvalue weighted by molar-refractivity contribution is 6.33. The number of hydrogen-bond donors (Lipinski definition) is 0. The zero-order chi connectivity index (χ0) is 14.1. The Hall–Kier alpha value is -2.40. The fourth-order valence-corrected chi connectivity index (χ4v) is 2.01. The average molecular weight is 291 g/mol. The van der Waals surface area contributed by atoms with Crippen LogP contribution in [0.3, 0.4) is 0 Å². The maximum atomic E-state index is 13.7. The summed E-state index contributed by atoms with van der Waals surface area (Å²) < 4.78 is 19.6. The Morgan fingerprint density at radius 2 is 1.80 bits per heavy atom. The van der Waals surface area contributed by atoms with Crippen LogP contribution in [0.2, 0.25) is 5.02 Å². The van der Waals surface area contributed by atoms with Gasteiger partial charge in [-0.1, -0.05) is 35.9 Å². The fourth-order valence-electron chi connectivity index (χ4n) is 1.80. The van der Waals surface area contributed by atoms with Crippen LogP contribution in [-0.2, 0) is 0 Å². The van der Waals surface area contributed by atoms with E-state index < -0.39 is 11.6 Å². The first-order chi connectivity index (χ1) is 9.66. The highest BCUT2D eigenvalue weighted by Gasteiger charge is 2.15. The number of rotatable bonds is 2. The van der Waals surface area contributed by atoms with Crippen LogP contribution >= 0.6 is 11.6 Å². The number of nitrogens with zero attached hydrogens (tertiary/aromatic N) is 2. The third-order valence-electron chi connectivity index (χ3n) is 2.73. The Labute approximate surface area is 118 Å². The summed E-state index contributed by atoms with van der Waals surface area (Å²) in [5.41, 5.74) is 0.501. The van der Waals surface area contributed by atoms with Crippen LogP contribution < -0.4 is 5.76 Å². The van der Waals surface area contributed by atoms with Gasteiger partial charge in [-0.25, -0.2) is 9.18 Å². The minimum Gasteiger partial charge on any atom is -0.387 e. The van der Waals surface area contributed by atoms with Gasteiger partial charge in [-0.15, -0.1) is 5.10 Å². The van der Waals surface area contributed by atoms with Crippen LogP contribution in [0, 0.1) is 5.82 Å². The zero-order valence-electron chi connectivity index (χ0n) is 10.1. The van der Waals surface area contributed by atoms with Crippen molar-refractivity contribution >= 4 is 11.6 Å². The quantitative estimate of drug-likeness (QED) is 0.727. The van der Waals surface area contributed by atoms with E-state index >= 15 is 0 Å². The van der Waals surface area contributed by atoms with E-state index in [1.807, 2.05) is 0 Å². The van der Waals surface area contributed by atoms with Crippen molar-refractivity contribution in [2.75, 3.05) is 0 Å². The molecule has 0 aliphatic rings. The predicted molar refractivity (Wildman–Crippen MR) is 72.5 cm³/mol. The summed E-state index contributed by atoms with van der Waals surface area (Å²) in [6.45, 7) is 0. The smallest absolute Gasteiger partial charge is 0.387 e. The van der Waals surface area contributed by atoms with E-state index in [9.17, 15) is 9.18 Å². The topological polar surface area (TPSA) is 48.0 Å². The third-order valence-corrected chi connectivity index (χ3v) is 3.06. The maximum absolute atomic E-state index is 13.7. The molecule has 0 amide bonds. The van der Waals surface area contributed by atoms with Crippen molar-refractivity contribution in [3.8, 4) is 17.1 Å². The second kappa shape index (κ2) is 4.94. The molecule has 0 unspecified atom stereocenters. The van der Waals surface area contributed by atoms with E-state index in [1.54, 1.807) is 30.3 Å². The van der Waals surface area contributed by atoms with Crippen LogP contribution in [0.4, 0.5) is 4.39 Å². The summed E-state index contributed by atoms with van der Waals surface area (Å²) >= 11 is 6.01. The Bertz CT molecular complexity index is 826. The molecule has 4 nitrogen and oxygen atoms in total. The number of aromatic nitrogens is 2. The van der Waals surface area contributed by atoms with E-state index in [4.69, 9.17) is 16.0 Å². The molecule has 0 saturated heterocycles. The van der Waals surface area contributed by atoms with Gasteiger partial charge in [0.05, 0.1) is 10.6 Å². The van der Waals surface area contributed by atoms with E-state index in [0.717, 1.165) is 4.68 Å². The minimum absolute atomic E-state index is 0.0274. The monoisotopic (exact) mass is 290 g/mol. The van der Waals surface area contributed by atoms with E-state index in [-0.39, 0.29) is 11.6 Å². The van der Waals surface area contributed by atoms with Crippen molar-refractivity contribution in [1.29, 1.82) is 0 Å². The van der Waals surface area contributed by atoms with Crippen molar-refractivity contribution in [2.24, 2.45) is 0 Å². The van der Waals surface area contributed by atoms with E-state index in [2.05, 4.69) is 5.10 Å². The summed E-state index contributed by atoms with van der Waals surface area (Å²) in [6.07, 6.45) is 0.